The molecule has 10 aromatic heterocycles. The zero-order valence-electron chi connectivity index (χ0n) is 77.7. The number of fused-ring (bicyclic) bond motifs is 18. The summed E-state index contributed by atoms with van der Waals surface area (Å²) in [6.45, 7) is 36.0. The van der Waals surface area contributed by atoms with Gasteiger partial charge < -0.3 is 71.1 Å². The molecule has 5 aliphatic heterocycles. The van der Waals surface area contributed by atoms with E-state index >= 15 is 0 Å². The Balaban J connectivity index is 0.000000104. The van der Waals surface area contributed by atoms with Crippen molar-refractivity contribution in [2.75, 3.05) is 60.3 Å². The zero-order chi connectivity index (χ0) is 89.6. The minimum atomic E-state index is -2.25. The molecule has 23 rings (SSSR count). The van der Waals surface area contributed by atoms with Crippen LogP contribution < -0.4 is 39.2 Å². The van der Waals surface area contributed by atoms with Gasteiger partial charge in [-0.15, -0.1) is 0 Å². The molecule has 0 radical (unpaired) electrons. The molecule has 5 aliphatic rings. The lowest BCUT2D eigenvalue weighted by Gasteiger charge is -2.33. The molecule has 0 aliphatic carbocycles. The fraction of sp³-hybridized carbons (Fsp3) is 0.267. The molecule has 0 amide bonds. The molecule has 0 fully saturated rings. The summed E-state index contributed by atoms with van der Waals surface area (Å²) < 4.78 is 55.3. The first-order valence-electron chi connectivity index (χ1n) is 44.8. The predicted octanol–water partition coefficient (Wildman–Crippen LogP) is 26.2. The maximum atomic E-state index is 8.05. The van der Waals surface area contributed by atoms with E-state index in [1.54, 1.807) is 6.20 Å². The number of nitrogens with zero attached hydrogens (tertiary/aromatic N) is 15. The number of furan rings is 5. The van der Waals surface area contributed by atoms with Gasteiger partial charge in [-0.05, 0) is 250 Å². The summed E-state index contributed by atoms with van der Waals surface area (Å²) in [4.78, 5) is 44.9. The Morgan fingerprint density at radius 2 is 0.616 bits per heavy atom. The highest BCUT2D eigenvalue weighted by molar-refractivity contribution is 6.14. The van der Waals surface area contributed by atoms with Crippen LogP contribution in [0.4, 0.5) is 62.6 Å². The maximum absolute atomic E-state index is 8.05. The fourth-order valence-electron chi connectivity index (χ4n) is 19.2. The molecular formula is C105H107N15O5. The molecule has 0 saturated carbocycles. The van der Waals surface area contributed by atoms with Gasteiger partial charge in [-0.1, -0.05) is 97.1 Å². The topological polar surface area (TPSA) is 163 Å². The second kappa shape index (κ2) is 31.4. The summed E-state index contributed by atoms with van der Waals surface area (Å²) >= 11 is 0. The number of benzene rings is 8. The molecule has 5 atom stereocenters. The van der Waals surface area contributed by atoms with Crippen LogP contribution in [0.3, 0.4) is 0 Å². The van der Waals surface area contributed by atoms with E-state index < -0.39 is 13.1 Å². The van der Waals surface area contributed by atoms with Crippen LogP contribution in [0, 0.1) is 62.3 Å². The number of pyridine rings is 5. The van der Waals surface area contributed by atoms with Crippen molar-refractivity contribution in [3.05, 3.63) is 276 Å². The molecule has 0 unspecified atom stereocenters. The van der Waals surface area contributed by atoms with Gasteiger partial charge in [0.25, 0.3) is 0 Å². The Bertz CT molecular complexity index is 7480. The Morgan fingerprint density at radius 3 is 0.992 bits per heavy atom. The summed E-state index contributed by atoms with van der Waals surface area (Å²) in [6.07, 6.45) is 10.8. The van der Waals surface area contributed by atoms with Gasteiger partial charge in [0.15, 0.2) is 27.9 Å². The van der Waals surface area contributed by atoms with Crippen LogP contribution in [-0.4, -0.2) is 98.7 Å². The van der Waals surface area contributed by atoms with E-state index in [0.29, 0.717) is 46.3 Å². The van der Waals surface area contributed by atoms with Gasteiger partial charge in [0, 0.05) is 145 Å². The van der Waals surface area contributed by atoms with Crippen LogP contribution in [0.25, 0.3) is 110 Å². The molecular weight excluding hydrogens is 1550 g/mol. The first-order chi connectivity index (χ1) is 61.4. The van der Waals surface area contributed by atoms with Gasteiger partial charge in [0.05, 0.1) is 62.6 Å². The van der Waals surface area contributed by atoms with Crippen molar-refractivity contribution in [3.63, 3.8) is 0 Å². The number of aromatic nitrogens is 5. The lowest BCUT2D eigenvalue weighted by molar-refractivity contribution is 0.263. The van der Waals surface area contributed by atoms with E-state index in [-0.39, 0.29) is 24.7 Å². The molecule has 632 valence electrons. The first-order valence-corrected chi connectivity index (χ1v) is 43.3. The minimum absolute atomic E-state index is 0.199. The van der Waals surface area contributed by atoms with Crippen molar-refractivity contribution in [1.29, 1.82) is 0 Å². The van der Waals surface area contributed by atoms with E-state index in [1.807, 2.05) is 114 Å². The average molecular weight is 1660 g/mol. The summed E-state index contributed by atoms with van der Waals surface area (Å²) in [5.74, 6) is 0. The standard InChI is InChI=1S/C24H25N3O.C22H21N3O.C21H19N3O.C20H23N3O.C18H19N3O/c1-14(2)26-17(5)27(21-9-7-6-8-20(21)26)22-15(3)10-12-18-19-13-11-16(4)25-24(19)28-23(18)22;1-13-9-11-16-17-12-10-14(2)23-22(17)26-21(16)20(13)25-15(3)24(4)18-7-5-6-8-19(18)25;1-13-10-11-15-16-7-6-12-22-21(16)25-20(15)19(13)24-14(2)23(3)17-8-4-5-9-18(17)24;1-12(2)22-10-11-23(15(22)5)18-13(3)6-8-16-17-9-7-14(4)21-20(17)24-19(16)18;1-11-5-7-14-15-8-6-12(2)19-18(15)22-17(14)16(11)21-10-9-20(4)13(21)3/h6-14,17H,1-5H3;5-12,15H,1-4H3;4-12,14H,1-3H3;6-12,15H,1-5H3;5-10,13H,1-4H3/t17-;15-;14-;15-;13-/m00000/s1/i;;3D3;;. The monoisotopic (exact) mass is 1660 g/mol. The van der Waals surface area contributed by atoms with Crippen LogP contribution in [0.2, 0.25) is 0 Å². The number of anilines is 11. The Hall–Kier alpha value is -14.0. The fourth-order valence-corrected chi connectivity index (χ4v) is 19.2. The molecule has 18 aromatic rings. The van der Waals surface area contributed by atoms with E-state index in [0.717, 1.165) is 144 Å². The largest absolute Gasteiger partial charge is 0.435 e. The Labute approximate surface area is 733 Å². The highest BCUT2D eigenvalue weighted by Gasteiger charge is 2.40. The van der Waals surface area contributed by atoms with Crippen LogP contribution in [0.5, 0.6) is 0 Å². The van der Waals surface area contributed by atoms with Gasteiger partial charge in [0.1, 0.15) is 30.8 Å². The molecule has 15 heterocycles. The molecule has 8 aromatic carbocycles. The number of hydrogen-bond donors (Lipinski definition) is 0. The Morgan fingerprint density at radius 1 is 0.296 bits per heavy atom. The second-order valence-electron chi connectivity index (χ2n) is 34.5. The van der Waals surface area contributed by atoms with Crippen molar-refractivity contribution in [2.45, 2.75) is 168 Å². The normalized spacial score (nSPS) is 17.6. The van der Waals surface area contributed by atoms with Crippen molar-refractivity contribution < 1.29 is 26.2 Å². The first kappa shape index (κ1) is 77.1. The van der Waals surface area contributed by atoms with E-state index in [2.05, 4.69) is 312 Å². The van der Waals surface area contributed by atoms with Crippen LogP contribution in [0.15, 0.2) is 247 Å². The summed E-state index contributed by atoms with van der Waals surface area (Å²) in [5, 5.41) is 10.7. The quantitative estimate of drug-likeness (QED) is 0.148. The van der Waals surface area contributed by atoms with E-state index in [4.69, 9.17) is 26.2 Å². The van der Waals surface area contributed by atoms with E-state index in [1.165, 1.54) is 49.9 Å². The number of para-hydroxylation sites is 6. The van der Waals surface area contributed by atoms with Gasteiger partial charge in [0.2, 0.25) is 28.6 Å². The number of rotatable bonds is 7. The molecule has 20 heteroatoms. The van der Waals surface area contributed by atoms with Crippen LogP contribution in [-0.2, 0) is 0 Å². The summed E-state index contributed by atoms with van der Waals surface area (Å²) in [6, 6.07) is 67.5. The van der Waals surface area contributed by atoms with Crippen LogP contribution in [0.1, 0.15) is 117 Å². The SMILES string of the molecule is Cc1ccc2c(n1)oc1c(N3C=CN(C(C)C)[C@@H]3C)c(C)ccc12.Cc1ccc2c(n1)oc1c(N3C=CN(C)[C@@H]3C)c(C)ccc12.Cc1ccc2c(n1)oc1c(N3c4ccccc4N(C(C)C)[C@@H]3C)c(C)ccc12.Cc1ccc2c(n1)oc1c(N3c4ccccc4N(C)[C@@H]3C)c(C)ccc12.[2H]C([2H])([2H])N1c2ccccc2N(c2c(C)ccc3c2oc2ncccc23)[C@H]1C. The maximum Gasteiger partial charge on any atom is 0.227 e. The van der Waals surface area contributed by atoms with Crippen molar-refractivity contribution >= 4 is 173 Å². The van der Waals surface area contributed by atoms with Gasteiger partial charge >= 0.3 is 0 Å². The second-order valence-corrected chi connectivity index (χ2v) is 34.5. The molecule has 0 N–H and O–H groups in total. The van der Waals surface area contributed by atoms with Gasteiger partial charge in [-0.3, -0.25) is 0 Å². The minimum Gasteiger partial charge on any atom is -0.435 e. The third-order valence-electron chi connectivity index (χ3n) is 25.8. The zero-order valence-corrected chi connectivity index (χ0v) is 74.7. The highest BCUT2D eigenvalue weighted by Crippen LogP contribution is 2.53. The predicted molar refractivity (Wildman–Crippen MR) is 516 cm³/mol. The molecule has 20 nitrogen and oxygen atoms in total. The van der Waals surface area contributed by atoms with Gasteiger partial charge in [-0.25, -0.2) is 24.9 Å². The Kier molecular flexibility index (Phi) is 19.4. The van der Waals surface area contributed by atoms with Crippen molar-refractivity contribution in [1.82, 2.24) is 34.7 Å². The van der Waals surface area contributed by atoms with Crippen molar-refractivity contribution in [3.8, 4) is 0 Å². The summed E-state index contributed by atoms with van der Waals surface area (Å²) in [5.41, 5.74) is 29.4. The lowest BCUT2D eigenvalue weighted by Crippen LogP contribution is -2.42. The average Bonchev–Trinajstić information content (AvgIpc) is 1.56. The number of hydrogen-bond acceptors (Lipinski definition) is 20. The van der Waals surface area contributed by atoms with E-state index in [9.17, 15) is 0 Å². The molecule has 0 spiro atoms. The smallest absolute Gasteiger partial charge is 0.227 e. The lowest BCUT2D eigenvalue weighted by atomic mass is 10.1. The van der Waals surface area contributed by atoms with Crippen LogP contribution >= 0.6 is 0 Å². The third-order valence-corrected chi connectivity index (χ3v) is 25.8. The molecule has 0 bridgehead atoms. The third kappa shape index (κ3) is 13.4. The van der Waals surface area contributed by atoms with Crippen molar-refractivity contribution in [2.24, 2.45) is 0 Å². The highest BCUT2D eigenvalue weighted by atomic mass is 16.4. The molecule has 0 saturated heterocycles. The van der Waals surface area contributed by atoms with Gasteiger partial charge in [-0.2, -0.15) is 0 Å². The molecule has 125 heavy (non-hydrogen) atoms. The number of aryl methyl sites for hydroxylation is 9. The summed E-state index contributed by atoms with van der Waals surface area (Å²) in [7, 11) is 4.22.